The molecule has 0 saturated carbocycles. The number of rotatable bonds is 8. The van der Waals surface area contributed by atoms with Gasteiger partial charge in [0.15, 0.2) is 8.32 Å². The van der Waals surface area contributed by atoms with Gasteiger partial charge in [-0.25, -0.2) is 4.98 Å². The summed E-state index contributed by atoms with van der Waals surface area (Å²) in [4.78, 5) is 4.34. The van der Waals surface area contributed by atoms with E-state index in [9.17, 15) is 13.2 Å². The Morgan fingerprint density at radius 2 is 1.73 bits per heavy atom. The van der Waals surface area contributed by atoms with Gasteiger partial charge in [-0.3, -0.25) is 0 Å². The van der Waals surface area contributed by atoms with E-state index in [4.69, 9.17) is 9.16 Å². The molecule has 2 aromatic rings. The Hall–Kier alpha value is -1.51. The number of nitrogens with zero attached hydrogens (tertiary/aromatic N) is 1. The van der Waals surface area contributed by atoms with Crippen LogP contribution in [0.15, 0.2) is 47.5 Å². The summed E-state index contributed by atoms with van der Waals surface area (Å²) in [6.07, 6.45) is -3.82. The molecule has 0 aliphatic carbocycles. The summed E-state index contributed by atoms with van der Waals surface area (Å²) < 4.78 is 51.6. The summed E-state index contributed by atoms with van der Waals surface area (Å²) >= 11 is 1.28. The number of hydrogen-bond acceptors (Lipinski definition) is 4. The van der Waals surface area contributed by atoms with Crippen LogP contribution in [-0.4, -0.2) is 26.0 Å². The van der Waals surface area contributed by atoms with Gasteiger partial charge in [-0.05, 0) is 36.7 Å². The molecule has 0 spiro atoms. The molecule has 3 nitrogen and oxygen atoms in total. The van der Waals surface area contributed by atoms with E-state index in [0.29, 0.717) is 10.6 Å². The minimum atomic E-state index is -4.45. The molecule has 0 aliphatic rings. The van der Waals surface area contributed by atoms with Crippen LogP contribution in [0.4, 0.5) is 13.2 Å². The van der Waals surface area contributed by atoms with Crippen molar-refractivity contribution in [2.45, 2.75) is 68.8 Å². The maximum atomic E-state index is 13.2. The summed E-state index contributed by atoms with van der Waals surface area (Å²) in [5.74, 6) is 0.727. The molecule has 1 atom stereocenters. The minimum absolute atomic E-state index is 0.0601. The highest BCUT2D eigenvalue weighted by Crippen LogP contribution is 2.38. The fourth-order valence-corrected chi connectivity index (χ4v) is 4.83. The van der Waals surface area contributed by atoms with E-state index in [1.165, 1.54) is 11.8 Å². The van der Waals surface area contributed by atoms with Crippen LogP contribution in [0.25, 0.3) is 0 Å². The molecule has 166 valence electrons. The summed E-state index contributed by atoms with van der Waals surface area (Å²) in [5.41, 5.74) is 0.233. The minimum Gasteiger partial charge on any atom is -0.474 e. The molecule has 0 unspecified atom stereocenters. The molecule has 0 aliphatic heterocycles. The lowest BCUT2D eigenvalue weighted by molar-refractivity contribution is -0.138. The first kappa shape index (κ1) is 24.8. The van der Waals surface area contributed by atoms with Crippen LogP contribution >= 0.6 is 11.8 Å². The average Bonchev–Trinajstić information content (AvgIpc) is 2.63. The summed E-state index contributed by atoms with van der Waals surface area (Å²) in [5, 5.41) is 0.0601. The first-order chi connectivity index (χ1) is 13.8. The summed E-state index contributed by atoms with van der Waals surface area (Å²) in [6.45, 7) is 12.9. The van der Waals surface area contributed by atoms with Crippen molar-refractivity contribution < 1.29 is 22.3 Å². The van der Waals surface area contributed by atoms with E-state index in [0.717, 1.165) is 17.8 Å². The predicted molar refractivity (Wildman–Crippen MR) is 118 cm³/mol. The van der Waals surface area contributed by atoms with Gasteiger partial charge in [0.2, 0.25) is 5.88 Å². The number of hydrogen-bond donors (Lipinski definition) is 0. The van der Waals surface area contributed by atoms with Crippen molar-refractivity contribution in [1.29, 1.82) is 0 Å². The number of benzene rings is 1. The van der Waals surface area contributed by atoms with Crippen molar-refractivity contribution >= 4 is 20.1 Å². The normalized spacial score (nSPS) is 13.9. The molecule has 8 heteroatoms. The van der Waals surface area contributed by atoms with Crippen molar-refractivity contribution in [3.63, 3.8) is 0 Å². The molecule has 0 bridgehead atoms. The van der Waals surface area contributed by atoms with Crippen molar-refractivity contribution in [3.05, 3.63) is 53.7 Å². The standard InChI is InChI=1S/C22H30F3NO2SSi/c1-16(28-30(5,6)21(2,3)4)14-27-20-19(12-18(13-26-20)22(23,24)25)29-15-17-10-8-7-9-11-17/h7-13,16H,14-15H2,1-6H3/t16-/m1/s1. The van der Waals surface area contributed by atoms with Crippen LogP contribution < -0.4 is 4.74 Å². The smallest absolute Gasteiger partial charge is 0.417 e. The lowest BCUT2D eigenvalue weighted by Crippen LogP contribution is -2.44. The van der Waals surface area contributed by atoms with Crippen molar-refractivity contribution in [3.8, 4) is 5.88 Å². The van der Waals surface area contributed by atoms with Gasteiger partial charge in [0.25, 0.3) is 0 Å². The first-order valence-electron chi connectivity index (χ1n) is 9.84. The average molecular weight is 458 g/mol. The second-order valence-corrected chi connectivity index (χ2v) is 14.6. The molecular formula is C22H30F3NO2SSi. The Balaban J connectivity index is 2.13. The SMILES string of the molecule is C[C@H](COc1ncc(C(F)(F)F)cc1SCc1ccccc1)O[Si](C)(C)C(C)(C)C. The quantitative estimate of drug-likeness (QED) is 0.310. The lowest BCUT2D eigenvalue weighted by atomic mass is 10.2. The van der Waals surface area contributed by atoms with Gasteiger partial charge in [0.05, 0.1) is 16.6 Å². The summed E-state index contributed by atoms with van der Waals surface area (Å²) in [7, 11) is -1.97. The van der Waals surface area contributed by atoms with E-state index in [1.807, 2.05) is 37.3 Å². The number of ether oxygens (including phenoxy) is 1. The van der Waals surface area contributed by atoms with Crippen LogP contribution in [0.3, 0.4) is 0 Å². The molecular weight excluding hydrogens is 427 g/mol. The molecule has 0 amide bonds. The fourth-order valence-electron chi connectivity index (χ4n) is 2.44. The van der Waals surface area contributed by atoms with E-state index >= 15 is 0 Å². The predicted octanol–water partition coefficient (Wildman–Crippen LogP) is 7.18. The highest BCUT2D eigenvalue weighted by molar-refractivity contribution is 7.98. The lowest BCUT2D eigenvalue weighted by Gasteiger charge is -2.38. The maximum Gasteiger partial charge on any atom is 0.417 e. The number of pyridine rings is 1. The number of aromatic nitrogens is 1. The number of alkyl halides is 3. The molecule has 0 fully saturated rings. The van der Waals surface area contributed by atoms with Gasteiger partial charge in [0.1, 0.15) is 6.61 Å². The number of halogens is 3. The third-order valence-corrected chi connectivity index (χ3v) is 10.8. The van der Waals surface area contributed by atoms with Crippen LogP contribution in [0.2, 0.25) is 18.1 Å². The van der Waals surface area contributed by atoms with E-state index in [2.05, 4.69) is 38.8 Å². The van der Waals surface area contributed by atoms with Gasteiger partial charge in [-0.15, -0.1) is 11.8 Å². The van der Waals surface area contributed by atoms with Crippen molar-refractivity contribution in [2.24, 2.45) is 0 Å². The summed E-state index contributed by atoms with van der Waals surface area (Å²) in [6, 6.07) is 10.7. The zero-order chi connectivity index (χ0) is 22.6. The van der Waals surface area contributed by atoms with Crippen LogP contribution in [0.1, 0.15) is 38.8 Å². The van der Waals surface area contributed by atoms with Crippen molar-refractivity contribution in [1.82, 2.24) is 4.98 Å². The number of thioether (sulfide) groups is 1. The Labute approximate surface area is 182 Å². The van der Waals surface area contributed by atoms with Gasteiger partial charge >= 0.3 is 6.18 Å². The molecule has 1 heterocycles. The Morgan fingerprint density at radius 3 is 2.30 bits per heavy atom. The second kappa shape index (κ2) is 9.74. The molecule has 1 aromatic heterocycles. The Kier molecular flexibility index (Phi) is 8.04. The third-order valence-electron chi connectivity index (χ3n) is 5.14. The monoisotopic (exact) mass is 457 g/mol. The Morgan fingerprint density at radius 1 is 1.10 bits per heavy atom. The van der Waals surface area contributed by atoms with E-state index in [-0.39, 0.29) is 23.6 Å². The molecule has 1 aromatic carbocycles. The molecule has 0 radical (unpaired) electrons. The van der Waals surface area contributed by atoms with Crippen LogP contribution in [0.5, 0.6) is 5.88 Å². The molecule has 30 heavy (non-hydrogen) atoms. The van der Waals surface area contributed by atoms with Crippen molar-refractivity contribution in [2.75, 3.05) is 6.61 Å². The second-order valence-electron chi connectivity index (χ2n) is 8.80. The van der Waals surface area contributed by atoms with E-state index in [1.54, 1.807) is 0 Å². The first-order valence-corrected chi connectivity index (χ1v) is 13.7. The van der Waals surface area contributed by atoms with Gasteiger partial charge in [0, 0.05) is 11.9 Å². The zero-order valence-electron chi connectivity index (χ0n) is 18.3. The largest absolute Gasteiger partial charge is 0.474 e. The van der Waals surface area contributed by atoms with Crippen LogP contribution in [-0.2, 0) is 16.4 Å². The topological polar surface area (TPSA) is 31.4 Å². The molecule has 2 rings (SSSR count). The third kappa shape index (κ3) is 7.03. The van der Waals surface area contributed by atoms with Gasteiger partial charge < -0.3 is 9.16 Å². The molecule has 0 saturated heterocycles. The molecule has 0 N–H and O–H groups in total. The zero-order valence-corrected chi connectivity index (χ0v) is 20.2. The maximum absolute atomic E-state index is 13.2. The van der Waals surface area contributed by atoms with Crippen LogP contribution in [0, 0.1) is 0 Å². The van der Waals surface area contributed by atoms with E-state index < -0.39 is 20.1 Å². The fraction of sp³-hybridized carbons (Fsp3) is 0.500. The van der Waals surface area contributed by atoms with Gasteiger partial charge in [-0.1, -0.05) is 51.1 Å². The highest BCUT2D eigenvalue weighted by Gasteiger charge is 2.38. The highest BCUT2D eigenvalue weighted by atomic mass is 32.2. The Bertz CT molecular complexity index is 823. The van der Waals surface area contributed by atoms with Gasteiger partial charge in [-0.2, -0.15) is 13.2 Å².